The van der Waals surface area contributed by atoms with E-state index < -0.39 is 17.6 Å². The van der Waals surface area contributed by atoms with Crippen LogP contribution in [0.2, 0.25) is 0 Å². The third-order valence-electron chi connectivity index (χ3n) is 9.58. The first-order valence-electron chi connectivity index (χ1n) is 15.1. The van der Waals surface area contributed by atoms with Crippen LogP contribution >= 0.6 is 0 Å². The van der Waals surface area contributed by atoms with Crippen molar-refractivity contribution in [1.29, 1.82) is 0 Å². The van der Waals surface area contributed by atoms with Gasteiger partial charge < -0.3 is 30.0 Å². The molecular weight excluding hydrogens is 569 g/mol. The van der Waals surface area contributed by atoms with Crippen molar-refractivity contribution in [3.05, 3.63) is 61.7 Å². The number of hydrogen-bond acceptors (Lipinski definition) is 8. The van der Waals surface area contributed by atoms with Gasteiger partial charge in [-0.05, 0) is 74.4 Å². The Morgan fingerprint density at radius 1 is 1.20 bits per heavy atom. The number of halogens is 1. The molecule has 7 rings (SSSR count). The number of pyridine rings is 2. The van der Waals surface area contributed by atoms with Gasteiger partial charge in [-0.2, -0.15) is 0 Å². The fraction of sp³-hybridized carbons (Fsp3) is 0.469. The lowest BCUT2D eigenvalue weighted by Crippen LogP contribution is -2.44. The van der Waals surface area contributed by atoms with Crippen molar-refractivity contribution in [1.82, 2.24) is 25.5 Å². The molecule has 2 unspecified atom stereocenters. The number of rotatable bonds is 8. The van der Waals surface area contributed by atoms with Crippen molar-refractivity contribution in [2.75, 3.05) is 20.3 Å². The Balaban J connectivity index is 1.30. The van der Waals surface area contributed by atoms with Crippen molar-refractivity contribution in [2.24, 2.45) is 0 Å². The van der Waals surface area contributed by atoms with Crippen LogP contribution in [0.1, 0.15) is 77.9 Å². The number of amides is 2. The zero-order valence-electron chi connectivity index (χ0n) is 24.9. The summed E-state index contributed by atoms with van der Waals surface area (Å²) < 4.78 is 28.0. The van der Waals surface area contributed by atoms with Gasteiger partial charge in [0.15, 0.2) is 0 Å². The van der Waals surface area contributed by atoms with Crippen LogP contribution in [0.3, 0.4) is 0 Å². The minimum Gasteiger partial charge on any atom is -0.460 e. The highest BCUT2D eigenvalue weighted by molar-refractivity contribution is 5.95. The smallest absolute Gasteiger partial charge is 0.313 e. The maximum atomic E-state index is 15.2. The zero-order chi connectivity index (χ0) is 30.9. The standard InChI is InChI=1S/C32H34FN5O6/c1-4-16-18-9-24-28-19(12-38(24)29(40)20(18)13-43-30(16)41)27-22(6-5-17-15(2)21(33)10-23(36-28)26(17)27)37-31(42)32(7-8-32)44-14-35-25(39)11-34-3/h9-10,16,22,34H,4-8,11-14H2,1-3H3,(H,35,39)(H,37,42). The fourth-order valence-corrected chi connectivity index (χ4v) is 7.04. The number of nitrogens with zero attached hydrogens (tertiary/aromatic N) is 2. The normalized spacial score (nSPS) is 20.4. The average molecular weight is 604 g/mol. The lowest BCUT2D eigenvalue weighted by molar-refractivity contribution is -0.148. The van der Waals surface area contributed by atoms with Crippen molar-refractivity contribution < 1.29 is 28.2 Å². The van der Waals surface area contributed by atoms with Crippen molar-refractivity contribution in [3.8, 4) is 11.4 Å². The monoisotopic (exact) mass is 603 g/mol. The molecule has 0 radical (unpaired) electrons. The molecular formula is C32H34FN5O6. The molecule has 3 N–H and O–H groups in total. The molecule has 0 spiro atoms. The highest BCUT2D eigenvalue weighted by atomic mass is 19.1. The zero-order valence-corrected chi connectivity index (χ0v) is 24.9. The number of carbonyl (C=O) groups is 3. The SMILES string of the molecule is CCC1C(=O)OCc2c1cc1n(c2=O)Cc2c-1nc1cc(F)c(C)c3c1c2C(NC(=O)C1(OCNC(=O)CNC)CC1)CC3. The molecule has 11 nitrogen and oxygen atoms in total. The van der Waals surface area contributed by atoms with Gasteiger partial charge in [-0.3, -0.25) is 19.2 Å². The number of fused-ring (bicyclic) bond motifs is 5. The Morgan fingerprint density at radius 2 is 2.00 bits per heavy atom. The summed E-state index contributed by atoms with van der Waals surface area (Å²) in [6, 6.07) is 2.86. The van der Waals surface area contributed by atoms with Gasteiger partial charge in [0.2, 0.25) is 5.91 Å². The summed E-state index contributed by atoms with van der Waals surface area (Å²) in [4.78, 5) is 56.7. The molecule has 1 saturated carbocycles. The number of nitrogens with one attached hydrogen (secondary N) is 3. The molecule has 2 amide bonds. The number of likely N-dealkylation sites (N-methyl/N-ethyl adjacent to an activating group) is 1. The molecule has 12 heteroatoms. The number of benzene rings is 1. The Hall–Kier alpha value is -4.16. The van der Waals surface area contributed by atoms with E-state index in [0.29, 0.717) is 65.7 Å². The molecule has 4 heterocycles. The van der Waals surface area contributed by atoms with Gasteiger partial charge >= 0.3 is 5.97 Å². The van der Waals surface area contributed by atoms with E-state index in [1.165, 1.54) is 6.07 Å². The quantitative estimate of drug-likeness (QED) is 0.206. The largest absolute Gasteiger partial charge is 0.460 e. The van der Waals surface area contributed by atoms with Crippen LogP contribution in [0.15, 0.2) is 16.9 Å². The van der Waals surface area contributed by atoms with Crippen LogP contribution in [-0.2, 0) is 43.4 Å². The van der Waals surface area contributed by atoms with Crippen molar-refractivity contribution >= 4 is 28.7 Å². The predicted octanol–water partition coefficient (Wildman–Crippen LogP) is 2.37. The number of ether oxygens (including phenoxy) is 2. The molecule has 2 aliphatic heterocycles. The molecule has 2 atom stereocenters. The second-order valence-electron chi connectivity index (χ2n) is 12.1. The summed E-state index contributed by atoms with van der Waals surface area (Å²) in [6.45, 7) is 3.86. The fourth-order valence-electron chi connectivity index (χ4n) is 7.04. The van der Waals surface area contributed by atoms with Gasteiger partial charge in [0, 0.05) is 17.0 Å². The molecule has 4 aliphatic rings. The third kappa shape index (κ3) is 4.34. The Morgan fingerprint density at radius 3 is 2.73 bits per heavy atom. The Labute approximate surface area is 252 Å². The van der Waals surface area contributed by atoms with Crippen LogP contribution in [0, 0.1) is 12.7 Å². The first kappa shape index (κ1) is 28.6. The summed E-state index contributed by atoms with van der Waals surface area (Å²) in [6.07, 6.45) is 2.63. The molecule has 1 fully saturated rings. The van der Waals surface area contributed by atoms with E-state index in [0.717, 1.165) is 22.1 Å². The molecule has 0 saturated heterocycles. The van der Waals surface area contributed by atoms with E-state index >= 15 is 4.39 Å². The van der Waals surface area contributed by atoms with E-state index in [1.807, 2.05) is 13.0 Å². The molecule has 1 aromatic carbocycles. The highest BCUT2D eigenvalue weighted by Crippen LogP contribution is 2.47. The highest BCUT2D eigenvalue weighted by Gasteiger charge is 2.52. The maximum absolute atomic E-state index is 15.2. The first-order valence-corrected chi connectivity index (χ1v) is 15.1. The third-order valence-corrected chi connectivity index (χ3v) is 9.58. The number of aromatic nitrogens is 2. The summed E-state index contributed by atoms with van der Waals surface area (Å²) in [5.41, 5.74) is 4.50. The second kappa shape index (κ2) is 10.5. The number of aryl methyl sites for hydroxylation is 1. The summed E-state index contributed by atoms with van der Waals surface area (Å²) >= 11 is 0. The van der Waals surface area contributed by atoms with Crippen LogP contribution in [0.25, 0.3) is 22.3 Å². The maximum Gasteiger partial charge on any atom is 0.313 e. The van der Waals surface area contributed by atoms with E-state index in [4.69, 9.17) is 14.5 Å². The van der Waals surface area contributed by atoms with Gasteiger partial charge in [-0.25, -0.2) is 9.37 Å². The number of esters is 1. The minimum absolute atomic E-state index is 0.0763. The summed E-state index contributed by atoms with van der Waals surface area (Å²) in [7, 11) is 1.67. The number of carbonyl (C=O) groups excluding carboxylic acids is 3. The predicted molar refractivity (Wildman–Crippen MR) is 157 cm³/mol. The minimum atomic E-state index is -1.03. The molecule has 3 aromatic rings. The number of hydrogen-bond donors (Lipinski definition) is 3. The lowest BCUT2D eigenvalue weighted by Gasteiger charge is -2.31. The number of cyclic esters (lactones) is 1. The second-order valence-corrected chi connectivity index (χ2v) is 12.1. The van der Waals surface area contributed by atoms with Gasteiger partial charge in [-0.1, -0.05) is 6.92 Å². The first-order chi connectivity index (χ1) is 21.2. The average Bonchev–Trinajstić information content (AvgIpc) is 3.70. The van der Waals surface area contributed by atoms with Gasteiger partial charge in [0.1, 0.15) is 24.8 Å². The molecule has 2 aromatic heterocycles. The van der Waals surface area contributed by atoms with Gasteiger partial charge in [0.25, 0.3) is 11.5 Å². The lowest BCUT2D eigenvalue weighted by atomic mass is 9.81. The topological polar surface area (TPSA) is 141 Å². The Kier molecular flexibility index (Phi) is 6.81. The van der Waals surface area contributed by atoms with E-state index in [9.17, 15) is 19.2 Å². The van der Waals surface area contributed by atoms with Crippen molar-refractivity contribution in [3.63, 3.8) is 0 Å². The van der Waals surface area contributed by atoms with Crippen molar-refractivity contribution in [2.45, 2.75) is 76.7 Å². The molecule has 230 valence electrons. The van der Waals surface area contributed by atoms with E-state index in [2.05, 4.69) is 16.0 Å². The molecule has 2 aliphatic carbocycles. The van der Waals surface area contributed by atoms with Crippen LogP contribution in [-0.4, -0.2) is 53.3 Å². The van der Waals surface area contributed by atoms with Gasteiger partial charge in [0.05, 0.1) is 47.5 Å². The van der Waals surface area contributed by atoms with Crippen LogP contribution in [0.5, 0.6) is 0 Å². The summed E-state index contributed by atoms with van der Waals surface area (Å²) in [5, 5.41) is 9.43. The van der Waals surface area contributed by atoms with E-state index in [1.54, 1.807) is 18.5 Å². The van der Waals surface area contributed by atoms with Gasteiger partial charge in [-0.15, -0.1) is 0 Å². The van der Waals surface area contributed by atoms with E-state index in [-0.39, 0.29) is 55.6 Å². The molecule has 44 heavy (non-hydrogen) atoms. The van der Waals surface area contributed by atoms with Crippen LogP contribution in [0.4, 0.5) is 4.39 Å². The van der Waals surface area contributed by atoms with Crippen LogP contribution < -0.4 is 21.5 Å². The Bertz CT molecular complexity index is 1830. The molecule has 0 bridgehead atoms. The summed E-state index contributed by atoms with van der Waals surface area (Å²) in [5.74, 6) is -1.75.